The highest BCUT2D eigenvalue weighted by Crippen LogP contribution is 2.31. The highest BCUT2D eigenvalue weighted by Gasteiger charge is 2.25. The molecule has 0 spiro atoms. The van der Waals surface area contributed by atoms with Gasteiger partial charge in [0.1, 0.15) is 5.82 Å². The number of carbonyl (C=O) groups is 2. The van der Waals surface area contributed by atoms with E-state index in [-0.39, 0.29) is 41.0 Å². The third-order valence-electron chi connectivity index (χ3n) is 4.76. The average Bonchev–Trinajstić information content (AvgIpc) is 3.21. The zero-order valence-electron chi connectivity index (χ0n) is 18.3. The molecule has 0 fully saturated rings. The molecule has 0 bridgehead atoms. The summed E-state index contributed by atoms with van der Waals surface area (Å²) in [7, 11) is 0. The third kappa shape index (κ3) is 5.38. The Bertz CT molecular complexity index is 1400. The number of carbonyl (C=O) groups excluding carboxylic acids is 2. The van der Waals surface area contributed by atoms with Crippen molar-refractivity contribution in [3.8, 4) is 11.5 Å². The second-order valence-electron chi connectivity index (χ2n) is 7.18. The number of non-ortho nitro benzene ring substituents is 1. The van der Waals surface area contributed by atoms with E-state index >= 15 is 0 Å². The number of nitro benzene ring substituents is 1. The number of ether oxygens (including phenoxy) is 3. The SMILES string of the molecule is CCOc1cc(/C=C2\N=C(c3cccc(F)c3)OC2=O)ccc1OC(=O)c1cccc([N+](=O)[O-])c1. The second kappa shape index (κ2) is 9.96. The molecule has 0 saturated carbocycles. The van der Waals surface area contributed by atoms with Crippen molar-refractivity contribution in [2.24, 2.45) is 4.99 Å². The smallest absolute Gasteiger partial charge is 0.363 e. The van der Waals surface area contributed by atoms with E-state index < -0.39 is 22.7 Å². The Morgan fingerprint density at radius 1 is 1.11 bits per heavy atom. The fourth-order valence-electron chi connectivity index (χ4n) is 3.18. The van der Waals surface area contributed by atoms with Gasteiger partial charge < -0.3 is 14.2 Å². The molecule has 1 heterocycles. The minimum absolute atomic E-state index is 0.000703. The Hall–Kier alpha value is -4.86. The minimum atomic E-state index is -0.801. The Morgan fingerprint density at radius 2 is 1.91 bits per heavy atom. The van der Waals surface area contributed by atoms with Gasteiger partial charge in [-0.15, -0.1) is 0 Å². The van der Waals surface area contributed by atoms with Gasteiger partial charge in [0.25, 0.3) is 5.69 Å². The van der Waals surface area contributed by atoms with Gasteiger partial charge in [-0.05, 0) is 55.0 Å². The van der Waals surface area contributed by atoms with Crippen molar-refractivity contribution in [1.82, 2.24) is 0 Å². The molecule has 3 aromatic rings. The summed E-state index contributed by atoms with van der Waals surface area (Å²) in [6.45, 7) is 1.99. The lowest BCUT2D eigenvalue weighted by molar-refractivity contribution is -0.384. The number of nitro groups is 1. The molecule has 3 aromatic carbocycles. The first kappa shape index (κ1) is 23.3. The van der Waals surface area contributed by atoms with Gasteiger partial charge in [-0.1, -0.05) is 18.2 Å². The zero-order chi connectivity index (χ0) is 24.9. The molecule has 0 amide bonds. The number of aliphatic imine (C=N–C) groups is 1. The molecular formula is C25H17FN2O7. The van der Waals surface area contributed by atoms with Crippen LogP contribution in [-0.4, -0.2) is 29.4 Å². The topological polar surface area (TPSA) is 117 Å². The molecule has 10 heteroatoms. The summed E-state index contributed by atoms with van der Waals surface area (Å²) >= 11 is 0. The van der Waals surface area contributed by atoms with Gasteiger partial charge in [-0.3, -0.25) is 10.1 Å². The van der Waals surface area contributed by atoms with Crippen LogP contribution >= 0.6 is 0 Å². The first-order chi connectivity index (χ1) is 16.8. The molecule has 35 heavy (non-hydrogen) atoms. The monoisotopic (exact) mass is 476 g/mol. The van der Waals surface area contributed by atoms with Crippen molar-refractivity contribution in [1.29, 1.82) is 0 Å². The van der Waals surface area contributed by atoms with E-state index in [0.29, 0.717) is 11.1 Å². The minimum Gasteiger partial charge on any atom is -0.490 e. The van der Waals surface area contributed by atoms with Crippen LogP contribution in [0.1, 0.15) is 28.4 Å². The molecule has 0 atom stereocenters. The lowest BCUT2D eigenvalue weighted by atomic mass is 10.1. The Kier molecular flexibility index (Phi) is 6.63. The van der Waals surface area contributed by atoms with Gasteiger partial charge >= 0.3 is 11.9 Å². The summed E-state index contributed by atoms with van der Waals surface area (Å²) < 4.78 is 29.6. The lowest BCUT2D eigenvalue weighted by Gasteiger charge is -2.11. The van der Waals surface area contributed by atoms with Crippen LogP contribution in [-0.2, 0) is 9.53 Å². The summed E-state index contributed by atoms with van der Waals surface area (Å²) in [6, 6.07) is 15.2. The fraction of sp³-hybridized carbons (Fsp3) is 0.0800. The summed E-state index contributed by atoms with van der Waals surface area (Å²) in [4.78, 5) is 39.3. The van der Waals surface area contributed by atoms with Gasteiger partial charge in [0.2, 0.25) is 5.90 Å². The van der Waals surface area contributed by atoms with Crippen molar-refractivity contribution < 1.29 is 33.1 Å². The van der Waals surface area contributed by atoms with E-state index in [4.69, 9.17) is 14.2 Å². The molecule has 0 aromatic heterocycles. The number of hydrogen-bond donors (Lipinski definition) is 0. The molecule has 1 aliphatic heterocycles. The van der Waals surface area contributed by atoms with Gasteiger partial charge in [-0.25, -0.2) is 19.0 Å². The zero-order valence-corrected chi connectivity index (χ0v) is 18.3. The molecule has 4 rings (SSSR count). The average molecular weight is 476 g/mol. The first-order valence-electron chi connectivity index (χ1n) is 10.4. The molecular weight excluding hydrogens is 459 g/mol. The molecule has 0 aliphatic carbocycles. The number of benzene rings is 3. The van der Waals surface area contributed by atoms with E-state index in [1.54, 1.807) is 19.1 Å². The van der Waals surface area contributed by atoms with Gasteiger partial charge in [0, 0.05) is 17.7 Å². The Balaban J connectivity index is 1.59. The Labute approximate surface area is 198 Å². The molecule has 0 unspecified atom stereocenters. The number of rotatable bonds is 7. The maximum atomic E-state index is 13.5. The van der Waals surface area contributed by atoms with Crippen LogP contribution < -0.4 is 9.47 Å². The van der Waals surface area contributed by atoms with Crippen LogP contribution in [0.3, 0.4) is 0 Å². The van der Waals surface area contributed by atoms with Crippen LogP contribution in [0.15, 0.2) is 77.4 Å². The summed E-state index contributed by atoms with van der Waals surface area (Å²) in [6.07, 6.45) is 1.45. The van der Waals surface area contributed by atoms with Crippen LogP contribution in [0, 0.1) is 15.9 Å². The quantitative estimate of drug-likeness (QED) is 0.160. The predicted molar refractivity (Wildman–Crippen MR) is 123 cm³/mol. The van der Waals surface area contributed by atoms with E-state index in [0.717, 1.165) is 6.07 Å². The van der Waals surface area contributed by atoms with E-state index in [1.165, 1.54) is 54.6 Å². The number of cyclic esters (lactones) is 1. The van der Waals surface area contributed by atoms with Gasteiger partial charge in [0.15, 0.2) is 17.2 Å². The van der Waals surface area contributed by atoms with Crippen molar-refractivity contribution in [3.05, 3.63) is 105 Å². The number of nitrogens with zero attached hydrogens (tertiary/aromatic N) is 2. The number of halogens is 1. The van der Waals surface area contributed by atoms with Gasteiger partial charge in [0.05, 0.1) is 17.1 Å². The highest BCUT2D eigenvalue weighted by atomic mass is 19.1. The molecule has 176 valence electrons. The van der Waals surface area contributed by atoms with Crippen molar-refractivity contribution >= 4 is 29.6 Å². The number of hydrogen-bond acceptors (Lipinski definition) is 8. The summed E-state index contributed by atoms with van der Waals surface area (Å²) in [5, 5.41) is 11.0. The van der Waals surface area contributed by atoms with Crippen molar-refractivity contribution in [2.45, 2.75) is 6.92 Å². The largest absolute Gasteiger partial charge is 0.490 e. The van der Waals surface area contributed by atoms with Crippen molar-refractivity contribution in [2.75, 3.05) is 6.61 Å². The fourth-order valence-corrected chi connectivity index (χ4v) is 3.18. The first-order valence-corrected chi connectivity index (χ1v) is 10.4. The van der Waals surface area contributed by atoms with Crippen LogP contribution in [0.5, 0.6) is 11.5 Å². The van der Waals surface area contributed by atoms with E-state index in [2.05, 4.69) is 4.99 Å². The highest BCUT2D eigenvalue weighted by molar-refractivity contribution is 6.12. The lowest BCUT2D eigenvalue weighted by Crippen LogP contribution is -2.10. The normalized spacial score (nSPS) is 13.8. The molecule has 9 nitrogen and oxygen atoms in total. The van der Waals surface area contributed by atoms with E-state index in [1.807, 2.05) is 0 Å². The number of esters is 2. The van der Waals surface area contributed by atoms with Crippen LogP contribution in [0.2, 0.25) is 0 Å². The summed E-state index contributed by atoms with van der Waals surface area (Å²) in [5.41, 5.74) is 0.571. The van der Waals surface area contributed by atoms with Crippen molar-refractivity contribution in [3.63, 3.8) is 0 Å². The molecule has 0 N–H and O–H groups in total. The molecule has 0 radical (unpaired) electrons. The van der Waals surface area contributed by atoms with Gasteiger partial charge in [-0.2, -0.15) is 0 Å². The molecule has 1 aliphatic rings. The van der Waals surface area contributed by atoms with Crippen LogP contribution in [0.25, 0.3) is 6.08 Å². The van der Waals surface area contributed by atoms with E-state index in [9.17, 15) is 24.1 Å². The molecule has 0 saturated heterocycles. The second-order valence-corrected chi connectivity index (χ2v) is 7.18. The third-order valence-corrected chi connectivity index (χ3v) is 4.76. The summed E-state index contributed by atoms with van der Waals surface area (Å²) in [5.74, 6) is -1.72. The maximum Gasteiger partial charge on any atom is 0.363 e. The predicted octanol–water partition coefficient (Wildman–Crippen LogP) is 4.70. The Morgan fingerprint density at radius 3 is 2.66 bits per heavy atom. The standard InChI is InChI=1S/C25H17FN2O7/c1-2-33-22-12-15(11-20-25(30)35-23(27-20)16-5-3-7-18(26)13-16)9-10-21(22)34-24(29)17-6-4-8-19(14-17)28(31)32/h3-14H,2H2,1H3/b20-11-. The van der Waals surface area contributed by atoms with Crippen LogP contribution in [0.4, 0.5) is 10.1 Å². The maximum absolute atomic E-state index is 13.5.